The van der Waals surface area contributed by atoms with Crippen LogP contribution in [0.15, 0.2) is 60.7 Å². The zero-order chi connectivity index (χ0) is 19.8. The van der Waals surface area contributed by atoms with Crippen LogP contribution in [0.1, 0.15) is 30.9 Å². The van der Waals surface area contributed by atoms with E-state index in [1.54, 1.807) is 11.8 Å². The lowest BCUT2D eigenvalue weighted by Crippen LogP contribution is -2.46. The topological polar surface area (TPSA) is 40.6 Å². The zero-order valence-electron chi connectivity index (χ0n) is 16.7. The molecule has 0 spiro atoms. The number of piperidine rings is 1. The molecule has 0 aliphatic carbocycles. The molecule has 1 fully saturated rings. The van der Waals surface area contributed by atoms with Gasteiger partial charge in [-0.05, 0) is 42.7 Å². The van der Waals surface area contributed by atoms with E-state index in [2.05, 4.69) is 36.4 Å². The number of likely N-dealkylation sites (tertiary alicyclic amines) is 1. The first-order valence-corrected chi connectivity index (χ1v) is 10.2. The minimum atomic E-state index is -0.0387. The van der Waals surface area contributed by atoms with Crippen LogP contribution in [0.5, 0.6) is 0 Å². The molecule has 0 bridgehead atoms. The fourth-order valence-electron chi connectivity index (χ4n) is 3.85. The third-order valence-electron chi connectivity index (χ3n) is 5.62. The quantitative estimate of drug-likeness (QED) is 0.739. The van der Waals surface area contributed by atoms with Crippen LogP contribution < -0.4 is 0 Å². The lowest BCUT2D eigenvalue weighted by atomic mass is 9.90. The third kappa shape index (κ3) is 5.95. The summed E-state index contributed by atoms with van der Waals surface area (Å²) in [4.78, 5) is 28.3. The summed E-state index contributed by atoms with van der Waals surface area (Å²) in [5, 5.41) is 0. The molecule has 1 heterocycles. The van der Waals surface area contributed by atoms with Gasteiger partial charge in [0.05, 0.1) is 6.54 Å². The van der Waals surface area contributed by atoms with E-state index in [0.29, 0.717) is 12.5 Å². The summed E-state index contributed by atoms with van der Waals surface area (Å²) in [7, 11) is 0. The average molecular weight is 379 g/mol. The van der Waals surface area contributed by atoms with E-state index in [0.717, 1.165) is 38.8 Å². The Bertz CT molecular complexity index is 753. The molecule has 0 aromatic heterocycles. The maximum absolute atomic E-state index is 12.7. The van der Waals surface area contributed by atoms with Gasteiger partial charge in [-0.3, -0.25) is 9.59 Å². The molecule has 3 rings (SSSR count). The highest BCUT2D eigenvalue weighted by atomic mass is 16.2. The fraction of sp³-hybridized carbons (Fsp3) is 0.417. The summed E-state index contributed by atoms with van der Waals surface area (Å²) in [6.07, 6.45) is 3.92. The van der Waals surface area contributed by atoms with Crippen molar-refractivity contribution in [1.29, 1.82) is 0 Å². The molecule has 2 aromatic rings. The van der Waals surface area contributed by atoms with Gasteiger partial charge >= 0.3 is 0 Å². The number of amides is 2. The van der Waals surface area contributed by atoms with Crippen LogP contribution in [0.4, 0.5) is 0 Å². The van der Waals surface area contributed by atoms with E-state index in [4.69, 9.17) is 0 Å². The Morgan fingerprint density at radius 2 is 1.50 bits per heavy atom. The molecule has 0 saturated carbocycles. The van der Waals surface area contributed by atoms with Crippen molar-refractivity contribution < 1.29 is 9.59 Å². The Labute approximate surface area is 168 Å². The molecule has 1 saturated heterocycles. The fourth-order valence-corrected chi connectivity index (χ4v) is 3.85. The van der Waals surface area contributed by atoms with Gasteiger partial charge < -0.3 is 9.80 Å². The van der Waals surface area contributed by atoms with Crippen molar-refractivity contribution in [2.45, 2.75) is 32.6 Å². The minimum Gasteiger partial charge on any atom is -0.341 e. The van der Waals surface area contributed by atoms with Crippen LogP contribution >= 0.6 is 0 Å². The van der Waals surface area contributed by atoms with Crippen molar-refractivity contribution >= 4 is 11.8 Å². The largest absolute Gasteiger partial charge is 0.341 e. The predicted octanol–water partition coefficient (Wildman–Crippen LogP) is 3.56. The molecule has 0 atom stereocenters. The Morgan fingerprint density at radius 1 is 0.929 bits per heavy atom. The first kappa shape index (κ1) is 20.1. The monoisotopic (exact) mass is 378 g/mol. The smallest absolute Gasteiger partial charge is 0.242 e. The minimum absolute atomic E-state index is 0.0387. The second-order valence-corrected chi connectivity index (χ2v) is 7.69. The lowest BCUT2D eigenvalue weighted by Gasteiger charge is -2.33. The second-order valence-electron chi connectivity index (χ2n) is 7.69. The molecular weight excluding hydrogens is 348 g/mol. The highest BCUT2D eigenvalue weighted by molar-refractivity contribution is 5.83. The number of nitrogens with zero attached hydrogens (tertiary/aromatic N) is 2. The van der Waals surface area contributed by atoms with Crippen molar-refractivity contribution in [3.05, 3.63) is 71.8 Å². The summed E-state index contributed by atoms with van der Waals surface area (Å²) in [5.41, 5.74) is 2.55. The highest BCUT2D eigenvalue weighted by Gasteiger charge is 2.24. The van der Waals surface area contributed by atoms with E-state index in [1.807, 2.05) is 29.2 Å². The molecule has 28 heavy (non-hydrogen) atoms. The molecule has 0 radical (unpaired) electrons. The molecule has 148 valence electrons. The maximum atomic E-state index is 12.7. The molecular formula is C24H30N2O2. The van der Waals surface area contributed by atoms with Crippen molar-refractivity contribution in [2.75, 3.05) is 26.2 Å². The van der Waals surface area contributed by atoms with Gasteiger partial charge in [-0.1, -0.05) is 60.7 Å². The van der Waals surface area contributed by atoms with E-state index >= 15 is 0 Å². The summed E-state index contributed by atoms with van der Waals surface area (Å²) >= 11 is 0. The number of rotatable bonds is 7. The number of benzene rings is 2. The van der Waals surface area contributed by atoms with E-state index < -0.39 is 0 Å². The Balaban J connectivity index is 1.46. The highest BCUT2D eigenvalue weighted by Crippen LogP contribution is 2.21. The van der Waals surface area contributed by atoms with Crippen molar-refractivity contribution in [3.63, 3.8) is 0 Å². The predicted molar refractivity (Wildman–Crippen MR) is 112 cm³/mol. The molecule has 4 heteroatoms. The van der Waals surface area contributed by atoms with Crippen LogP contribution in [0, 0.1) is 5.92 Å². The molecule has 1 aliphatic rings. The van der Waals surface area contributed by atoms with Crippen LogP contribution in [0.2, 0.25) is 0 Å². The normalized spacial score (nSPS) is 14.7. The average Bonchev–Trinajstić information content (AvgIpc) is 2.73. The summed E-state index contributed by atoms with van der Waals surface area (Å²) < 4.78 is 0. The Kier molecular flexibility index (Phi) is 7.24. The van der Waals surface area contributed by atoms with Crippen molar-refractivity contribution in [2.24, 2.45) is 5.92 Å². The summed E-state index contributed by atoms with van der Waals surface area (Å²) in [5.74, 6) is 0.665. The standard InChI is InChI=1S/C24H30N2O2/c1-20(27)26(17-12-21-8-4-2-5-9-21)19-24(28)25-15-13-23(14-16-25)18-22-10-6-3-7-11-22/h2-11,23H,12-19H2,1H3. The van der Waals surface area contributed by atoms with Gasteiger partial charge in [0, 0.05) is 26.6 Å². The van der Waals surface area contributed by atoms with E-state index in [-0.39, 0.29) is 18.4 Å². The van der Waals surface area contributed by atoms with E-state index in [1.165, 1.54) is 11.1 Å². The third-order valence-corrected chi connectivity index (χ3v) is 5.62. The lowest BCUT2D eigenvalue weighted by molar-refractivity contribution is -0.140. The van der Waals surface area contributed by atoms with Gasteiger partial charge in [0.1, 0.15) is 0 Å². The Hall–Kier alpha value is -2.62. The second kappa shape index (κ2) is 10.1. The molecule has 4 nitrogen and oxygen atoms in total. The number of carbonyl (C=O) groups excluding carboxylic acids is 2. The van der Waals surface area contributed by atoms with Gasteiger partial charge in [-0.25, -0.2) is 0 Å². The van der Waals surface area contributed by atoms with Gasteiger partial charge in [0.25, 0.3) is 0 Å². The van der Waals surface area contributed by atoms with Crippen molar-refractivity contribution in [1.82, 2.24) is 9.80 Å². The number of hydrogen-bond acceptors (Lipinski definition) is 2. The van der Waals surface area contributed by atoms with E-state index in [9.17, 15) is 9.59 Å². The number of hydrogen-bond donors (Lipinski definition) is 0. The zero-order valence-corrected chi connectivity index (χ0v) is 16.7. The molecule has 2 aromatic carbocycles. The molecule has 2 amide bonds. The maximum Gasteiger partial charge on any atom is 0.242 e. The van der Waals surface area contributed by atoms with Gasteiger partial charge in [-0.15, -0.1) is 0 Å². The molecule has 0 N–H and O–H groups in total. The molecule has 1 aliphatic heterocycles. The van der Waals surface area contributed by atoms with Gasteiger partial charge in [0.15, 0.2) is 0 Å². The van der Waals surface area contributed by atoms with Crippen LogP contribution in [0.25, 0.3) is 0 Å². The van der Waals surface area contributed by atoms with Crippen molar-refractivity contribution in [3.8, 4) is 0 Å². The van der Waals surface area contributed by atoms with Crippen LogP contribution in [-0.2, 0) is 22.4 Å². The first-order chi connectivity index (χ1) is 13.6. The van der Waals surface area contributed by atoms with Gasteiger partial charge in [-0.2, -0.15) is 0 Å². The SMILES string of the molecule is CC(=O)N(CCc1ccccc1)CC(=O)N1CCC(Cc2ccccc2)CC1. The molecule has 0 unspecified atom stereocenters. The summed E-state index contributed by atoms with van der Waals surface area (Å²) in [6.45, 7) is 3.90. The Morgan fingerprint density at radius 3 is 2.07 bits per heavy atom. The first-order valence-electron chi connectivity index (χ1n) is 10.2. The number of carbonyl (C=O) groups is 2. The van der Waals surface area contributed by atoms with Crippen LogP contribution in [0.3, 0.4) is 0 Å². The summed E-state index contributed by atoms with van der Waals surface area (Å²) in [6, 6.07) is 20.6. The van der Waals surface area contributed by atoms with Gasteiger partial charge in [0.2, 0.25) is 11.8 Å². The van der Waals surface area contributed by atoms with Crippen LogP contribution in [-0.4, -0.2) is 47.8 Å².